The van der Waals surface area contributed by atoms with Gasteiger partial charge < -0.3 is 11.1 Å². The van der Waals surface area contributed by atoms with Crippen LogP contribution in [0.15, 0.2) is 36.4 Å². The maximum atomic E-state index is 13.6. The van der Waals surface area contributed by atoms with Crippen LogP contribution in [-0.4, -0.2) is 11.9 Å². The molecule has 0 heterocycles. The summed E-state index contributed by atoms with van der Waals surface area (Å²) in [5.74, 6) is -1.53. The fourth-order valence-corrected chi connectivity index (χ4v) is 2.47. The van der Waals surface area contributed by atoms with Crippen molar-refractivity contribution in [1.82, 2.24) is 0 Å². The van der Waals surface area contributed by atoms with Crippen molar-refractivity contribution < 1.29 is 13.6 Å². The van der Waals surface area contributed by atoms with Gasteiger partial charge in [-0.2, -0.15) is 0 Å². The summed E-state index contributed by atoms with van der Waals surface area (Å²) in [4.78, 5) is 11.4. The summed E-state index contributed by atoms with van der Waals surface area (Å²) >= 11 is 0. The Morgan fingerprint density at radius 3 is 2.48 bits per heavy atom. The van der Waals surface area contributed by atoms with Gasteiger partial charge in [0.2, 0.25) is 5.91 Å². The zero-order valence-electron chi connectivity index (χ0n) is 13.2. The van der Waals surface area contributed by atoms with Crippen molar-refractivity contribution in [3.05, 3.63) is 64.7 Å². The van der Waals surface area contributed by atoms with E-state index >= 15 is 0 Å². The second-order valence-corrected chi connectivity index (χ2v) is 5.68. The molecule has 0 saturated heterocycles. The summed E-state index contributed by atoms with van der Waals surface area (Å²) in [6, 6.07) is 9.21. The molecule has 1 atom stereocenters. The molecule has 2 rings (SSSR count). The van der Waals surface area contributed by atoms with Crippen molar-refractivity contribution in [2.75, 3.05) is 5.32 Å². The van der Waals surface area contributed by atoms with Crippen LogP contribution in [0.5, 0.6) is 0 Å². The topological polar surface area (TPSA) is 55.1 Å². The molecule has 2 aromatic carbocycles. The Kier molecular flexibility index (Phi) is 5.32. The van der Waals surface area contributed by atoms with Gasteiger partial charge in [-0.25, -0.2) is 8.78 Å². The number of nitrogens with two attached hydrogens (primary N) is 1. The lowest BCUT2D eigenvalue weighted by atomic mass is 10.0. The van der Waals surface area contributed by atoms with Gasteiger partial charge in [-0.15, -0.1) is 0 Å². The standard InChI is InChI=1S/C18H20F2N2O/c1-11-6-8-13(10-15(11)18(21)23)22-12(2)7-9-14-16(19)4-3-5-17(14)20/h3-6,8,10,12,22H,7,9H2,1-2H3,(H2,21,23). The number of anilines is 1. The molecule has 5 heteroatoms. The molecule has 1 amide bonds. The van der Waals surface area contributed by atoms with E-state index in [2.05, 4.69) is 5.32 Å². The Morgan fingerprint density at radius 1 is 1.22 bits per heavy atom. The molecule has 2 aromatic rings. The minimum absolute atomic E-state index is 0.0163. The summed E-state index contributed by atoms with van der Waals surface area (Å²) in [6.45, 7) is 3.73. The predicted octanol–water partition coefficient (Wildman–Crippen LogP) is 3.81. The first-order chi connectivity index (χ1) is 10.9. The first kappa shape index (κ1) is 16.9. The van der Waals surface area contributed by atoms with Gasteiger partial charge in [0.25, 0.3) is 0 Å². The van der Waals surface area contributed by atoms with E-state index in [0.717, 1.165) is 11.3 Å². The largest absolute Gasteiger partial charge is 0.383 e. The van der Waals surface area contributed by atoms with Gasteiger partial charge in [0.15, 0.2) is 0 Å². The molecule has 0 aromatic heterocycles. The number of hydrogen-bond donors (Lipinski definition) is 2. The van der Waals surface area contributed by atoms with Gasteiger partial charge in [-0.1, -0.05) is 12.1 Å². The monoisotopic (exact) mass is 318 g/mol. The minimum Gasteiger partial charge on any atom is -0.383 e. The zero-order valence-corrected chi connectivity index (χ0v) is 13.2. The molecule has 122 valence electrons. The van der Waals surface area contributed by atoms with E-state index in [4.69, 9.17) is 5.73 Å². The molecule has 0 aliphatic carbocycles. The maximum absolute atomic E-state index is 13.6. The molecule has 0 aliphatic rings. The van der Waals surface area contributed by atoms with Gasteiger partial charge in [-0.3, -0.25) is 4.79 Å². The number of nitrogens with one attached hydrogen (secondary N) is 1. The van der Waals surface area contributed by atoms with E-state index < -0.39 is 17.5 Å². The Bertz CT molecular complexity index is 696. The second kappa shape index (κ2) is 7.22. The van der Waals surface area contributed by atoms with Crippen LogP contribution >= 0.6 is 0 Å². The molecular weight excluding hydrogens is 298 g/mol. The van der Waals surface area contributed by atoms with Gasteiger partial charge in [0.1, 0.15) is 11.6 Å². The smallest absolute Gasteiger partial charge is 0.249 e. The van der Waals surface area contributed by atoms with Crippen LogP contribution in [0.1, 0.15) is 34.8 Å². The molecule has 0 aliphatic heterocycles. The fraction of sp³-hybridized carbons (Fsp3) is 0.278. The van der Waals surface area contributed by atoms with E-state index in [9.17, 15) is 13.6 Å². The van der Waals surface area contributed by atoms with Crippen LogP contribution < -0.4 is 11.1 Å². The summed E-state index contributed by atoms with van der Waals surface area (Å²) < 4.78 is 27.2. The number of primary amides is 1. The lowest BCUT2D eigenvalue weighted by Crippen LogP contribution is -2.18. The number of halogens is 2. The molecule has 0 spiro atoms. The number of carbonyl (C=O) groups excluding carboxylic acids is 1. The lowest BCUT2D eigenvalue weighted by molar-refractivity contribution is 0.0999. The van der Waals surface area contributed by atoms with Crippen molar-refractivity contribution in [3.8, 4) is 0 Å². The molecule has 23 heavy (non-hydrogen) atoms. The van der Waals surface area contributed by atoms with E-state index in [1.165, 1.54) is 18.2 Å². The van der Waals surface area contributed by atoms with Crippen molar-refractivity contribution in [1.29, 1.82) is 0 Å². The number of rotatable bonds is 6. The molecule has 0 bridgehead atoms. The van der Waals surface area contributed by atoms with Crippen LogP contribution in [-0.2, 0) is 6.42 Å². The van der Waals surface area contributed by atoms with Gasteiger partial charge in [-0.05, 0) is 56.5 Å². The maximum Gasteiger partial charge on any atom is 0.249 e. The normalized spacial score (nSPS) is 12.0. The quantitative estimate of drug-likeness (QED) is 0.851. The van der Waals surface area contributed by atoms with Crippen molar-refractivity contribution in [3.63, 3.8) is 0 Å². The second-order valence-electron chi connectivity index (χ2n) is 5.68. The van der Waals surface area contributed by atoms with Crippen LogP contribution in [0.2, 0.25) is 0 Å². The summed E-state index contributed by atoms with van der Waals surface area (Å²) in [5.41, 5.74) is 7.46. The Hall–Kier alpha value is -2.43. The van der Waals surface area contributed by atoms with Crippen LogP contribution in [0.25, 0.3) is 0 Å². The molecular formula is C18H20F2N2O. The van der Waals surface area contributed by atoms with Gasteiger partial charge in [0.05, 0.1) is 0 Å². The molecule has 1 unspecified atom stereocenters. The third-order valence-electron chi connectivity index (χ3n) is 3.81. The molecule has 3 N–H and O–H groups in total. The number of carbonyl (C=O) groups is 1. The molecule has 0 radical (unpaired) electrons. The fourth-order valence-electron chi connectivity index (χ4n) is 2.47. The molecule has 0 fully saturated rings. The van der Waals surface area contributed by atoms with E-state index in [0.29, 0.717) is 18.4 Å². The van der Waals surface area contributed by atoms with E-state index in [1.54, 1.807) is 6.07 Å². The lowest BCUT2D eigenvalue weighted by Gasteiger charge is -2.16. The number of aryl methyl sites for hydroxylation is 1. The van der Waals surface area contributed by atoms with Crippen LogP contribution in [0.3, 0.4) is 0 Å². The number of amides is 1. The first-order valence-corrected chi connectivity index (χ1v) is 7.48. The zero-order chi connectivity index (χ0) is 17.0. The first-order valence-electron chi connectivity index (χ1n) is 7.48. The van der Waals surface area contributed by atoms with Crippen LogP contribution in [0, 0.1) is 18.6 Å². The number of benzene rings is 2. The van der Waals surface area contributed by atoms with E-state index in [1.807, 2.05) is 26.0 Å². The molecule has 3 nitrogen and oxygen atoms in total. The SMILES string of the molecule is Cc1ccc(NC(C)CCc2c(F)cccc2F)cc1C(N)=O. The summed E-state index contributed by atoms with van der Waals surface area (Å²) in [6.07, 6.45) is 0.846. The average Bonchev–Trinajstić information content (AvgIpc) is 2.48. The van der Waals surface area contributed by atoms with Crippen molar-refractivity contribution in [2.45, 2.75) is 32.7 Å². The third kappa shape index (κ3) is 4.28. The summed E-state index contributed by atoms with van der Waals surface area (Å²) in [5, 5.41) is 3.22. The highest BCUT2D eigenvalue weighted by molar-refractivity contribution is 5.95. The van der Waals surface area contributed by atoms with Crippen molar-refractivity contribution >= 4 is 11.6 Å². The van der Waals surface area contributed by atoms with E-state index in [-0.39, 0.29) is 11.6 Å². The average molecular weight is 318 g/mol. The summed E-state index contributed by atoms with van der Waals surface area (Å²) in [7, 11) is 0. The highest BCUT2D eigenvalue weighted by Gasteiger charge is 2.11. The third-order valence-corrected chi connectivity index (χ3v) is 3.81. The Balaban J connectivity index is 2.01. The highest BCUT2D eigenvalue weighted by Crippen LogP contribution is 2.19. The van der Waals surface area contributed by atoms with Crippen LogP contribution in [0.4, 0.5) is 14.5 Å². The Labute approximate surface area is 134 Å². The predicted molar refractivity (Wildman–Crippen MR) is 87.5 cm³/mol. The molecule has 0 saturated carbocycles. The highest BCUT2D eigenvalue weighted by atomic mass is 19.1. The Morgan fingerprint density at radius 2 is 1.87 bits per heavy atom. The number of hydrogen-bond acceptors (Lipinski definition) is 2. The minimum atomic E-state index is -0.524. The van der Waals surface area contributed by atoms with Gasteiger partial charge in [0, 0.05) is 22.9 Å². The van der Waals surface area contributed by atoms with Crippen molar-refractivity contribution in [2.24, 2.45) is 5.73 Å². The van der Waals surface area contributed by atoms with Gasteiger partial charge >= 0.3 is 0 Å².